The van der Waals surface area contributed by atoms with Crippen LogP contribution < -0.4 is 11.1 Å². The van der Waals surface area contributed by atoms with Crippen molar-refractivity contribution in [3.63, 3.8) is 0 Å². The molecule has 1 aliphatic heterocycles. The first-order valence-electron chi connectivity index (χ1n) is 6.40. The van der Waals surface area contributed by atoms with Gasteiger partial charge in [-0.1, -0.05) is 30.3 Å². The summed E-state index contributed by atoms with van der Waals surface area (Å²) in [5.41, 5.74) is 6.20. The van der Waals surface area contributed by atoms with Gasteiger partial charge in [-0.3, -0.25) is 9.59 Å². The highest BCUT2D eigenvalue weighted by Crippen LogP contribution is 2.18. The van der Waals surface area contributed by atoms with Crippen molar-refractivity contribution in [2.24, 2.45) is 11.7 Å². The van der Waals surface area contributed by atoms with Crippen LogP contribution in [0.25, 0.3) is 0 Å². The summed E-state index contributed by atoms with van der Waals surface area (Å²) in [7, 11) is 0. The second-order valence-electron chi connectivity index (χ2n) is 4.72. The largest absolute Gasteiger partial charge is 0.461 e. The first-order valence-corrected chi connectivity index (χ1v) is 6.40. The lowest BCUT2D eigenvalue weighted by atomic mass is 9.92. The maximum atomic E-state index is 11.9. The van der Waals surface area contributed by atoms with E-state index in [0.29, 0.717) is 19.4 Å². The number of primary amides is 1. The Bertz CT molecular complexity index is 447. The Labute approximate surface area is 112 Å². The highest BCUT2D eigenvalue weighted by Gasteiger charge is 2.30. The minimum absolute atomic E-state index is 0.248. The van der Waals surface area contributed by atoms with Crippen LogP contribution in [0.4, 0.5) is 0 Å². The number of ether oxygens (including phenoxy) is 1. The highest BCUT2D eigenvalue weighted by atomic mass is 16.5. The molecule has 0 radical (unpaired) electrons. The number of nitrogens with one attached hydrogen (secondary N) is 1. The van der Waals surface area contributed by atoms with Gasteiger partial charge in [-0.15, -0.1) is 0 Å². The Morgan fingerprint density at radius 2 is 2.05 bits per heavy atom. The molecule has 5 nitrogen and oxygen atoms in total. The van der Waals surface area contributed by atoms with Crippen LogP contribution in [0.2, 0.25) is 0 Å². The van der Waals surface area contributed by atoms with Crippen molar-refractivity contribution < 1.29 is 14.3 Å². The number of benzene rings is 1. The molecule has 0 spiro atoms. The molecule has 1 amide bonds. The molecule has 0 saturated carbocycles. The molecule has 2 rings (SSSR count). The van der Waals surface area contributed by atoms with Crippen LogP contribution in [-0.4, -0.2) is 24.5 Å². The summed E-state index contributed by atoms with van der Waals surface area (Å²) in [5.74, 6) is -0.917. The zero-order valence-electron chi connectivity index (χ0n) is 10.7. The number of carbonyl (C=O) groups is 2. The molecule has 102 valence electrons. The number of hydrogen-bond donors (Lipinski definition) is 2. The zero-order chi connectivity index (χ0) is 13.7. The van der Waals surface area contributed by atoms with Crippen LogP contribution in [0.5, 0.6) is 0 Å². The summed E-state index contributed by atoms with van der Waals surface area (Å²) in [4.78, 5) is 23.0. The van der Waals surface area contributed by atoms with Crippen molar-refractivity contribution in [2.75, 3.05) is 6.54 Å². The van der Waals surface area contributed by atoms with E-state index in [-0.39, 0.29) is 18.5 Å². The van der Waals surface area contributed by atoms with Crippen LogP contribution >= 0.6 is 0 Å². The molecular formula is C14H18N2O3. The van der Waals surface area contributed by atoms with Gasteiger partial charge in [-0.2, -0.15) is 0 Å². The SMILES string of the molecule is NC(=O)C1CC(C(=O)OCc2ccccc2)CCN1. The summed E-state index contributed by atoms with van der Waals surface area (Å²) in [6.07, 6.45) is 1.10. The molecule has 0 aromatic heterocycles. The number of piperidine rings is 1. The minimum Gasteiger partial charge on any atom is -0.461 e. The van der Waals surface area contributed by atoms with Gasteiger partial charge in [0.05, 0.1) is 12.0 Å². The predicted octanol–water partition coefficient (Wildman–Crippen LogP) is 0.583. The first kappa shape index (κ1) is 13.5. The molecule has 1 aromatic carbocycles. The third-order valence-electron chi connectivity index (χ3n) is 3.30. The topological polar surface area (TPSA) is 81.4 Å². The lowest BCUT2D eigenvalue weighted by molar-refractivity contribution is -0.151. The van der Waals surface area contributed by atoms with E-state index < -0.39 is 11.9 Å². The molecule has 1 fully saturated rings. The van der Waals surface area contributed by atoms with Crippen LogP contribution in [-0.2, 0) is 20.9 Å². The van der Waals surface area contributed by atoms with Gasteiger partial charge >= 0.3 is 5.97 Å². The monoisotopic (exact) mass is 262 g/mol. The minimum atomic E-state index is -0.428. The van der Waals surface area contributed by atoms with E-state index in [1.54, 1.807) is 0 Å². The van der Waals surface area contributed by atoms with E-state index in [4.69, 9.17) is 10.5 Å². The van der Waals surface area contributed by atoms with Crippen LogP contribution in [0, 0.1) is 5.92 Å². The van der Waals surface area contributed by atoms with Crippen molar-refractivity contribution in [3.8, 4) is 0 Å². The van der Waals surface area contributed by atoms with Gasteiger partial charge in [0.1, 0.15) is 6.61 Å². The highest BCUT2D eigenvalue weighted by molar-refractivity contribution is 5.81. The Hall–Kier alpha value is -1.88. The predicted molar refractivity (Wildman–Crippen MR) is 69.9 cm³/mol. The maximum Gasteiger partial charge on any atom is 0.309 e. The van der Waals surface area contributed by atoms with Crippen LogP contribution in [0.3, 0.4) is 0 Å². The molecule has 1 aromatic rings. The normalized spacial score (nSPS) is 22.7. The molecule has 2 atom stereocenters. The molecule has 3 N–H and O–H groups in total. The third kappa shape index (κ3) is 3.79. The Balaban J connectivity index is 1.84. The number of amides is 1. The Kier molecular flexibility index (Phi) is 4.52. The van der Waals surface area contributed by atoms with Crippen molar-refractivity contribution in [1.29, 1.82) is 0 Å². The molecule has 5 heteroatoms. The fraction of sp³-hybridized carbons (Fsp3) is 0.429. The van der Waals surface area contributed by atoms with Crippen molar-refractivity contribution in [1.82, 2.24) is 5.32 Å². The summed E-state index contributed by atoms with van der Waals surface area (Å²) in [5, 5.41) is 2.99. The van der Waals surface area contributed by atoms with E-state index in [9.17, 15) is 9.59 Å². The molecule has 0 bridgehead atoms. The average Bonchev–Trinajstić information content (AvgIpc) is 2.46. The fourth-order valence-electron chi connectivity index (χ4n) is 2.19. The molecule has 1 heterocycles. The average molecular weight is 262 g/mol. The van der Waals surface area contributed by atoms with Gasteiger partial charge in [0.25, 0.3) is 0 Å². The van der Waals surface area contributed by atoms with Gasteiger partial charge in [0, 0.05) is 0 Å². The lowest BCUT2D eigenvalue weighted by Crippen LogP contribution is -2.48. The number of carbonyl (C=O) groups excluding carboxylic acids is 2. The van der Waals surface area contributed by atoms with E-state index in [1.165, 1.54) is 0 Å². The van der Waals surface area contributed by atoms with Gasteiger partial charge in [0.2, 0.25) is 5.91 Å². The van der Waals surface area contributed by atoms with Crippen LogP contribution in [0.15, 0.2) is 30.3 Å². The van der Waals surface area contributed by atoms with Gasteiger partial charge < -0.3 is 15.8 Å². The van der Waals surface area contributed by atoms with E-state index >= 15 is 0 Å². The standard InChI is InChI=1S/C14H18N2O3/c15-13(17)12-8-11(6-7-16-12)14(18)19-9-10-4-2-1-3-5-10/h1-5,11-12,16H,6-9H2,(H2,15,17). The molecular weight excluding hydrogens is 244 g/mol. The summed E-state index contributed by atoms with van der Waals surface area (Å²) >= 11 is 0. The van der Waals surface area contributed by atoms with Crippen molar-refractivity contribution >= 4 is 11.9 Å². The van der Waals surface area contributed by atoms with Gasteiger partial charge in [-0.05, 0) is 24.9 Å². The van der Waals surface area contributed by atoms with E-state index in [2.05, 4.69) is 5.32 Å². The van der Waals surface area contributed by atoms with E-state index in [0.717, 1.165) is 5.56 Å². The smallest absolute Gasteiger partial charge is 0.309 e. The van der Waals surface area contributed by atoms with Crippen LogP contribution in [0.1, 0.15) is 18.4 Å². The fourth-order valence-corrected chi connectivity index (χ4v) is 2.19. The number of hydrogen-bond acceptors (Lipinski definition) is 4. The van der Waals surface area contributed by atoms with Gasteiger partial charge in [0.15, 0.2) is 0 Å². The summed E-state index contributed by atoms with van der Waals surface area (Å²) in [6.45, 7) is 0.879. The zero-order valence-corrected chi connectivity index (χ0v) is 10.7. The van der Waals surface area contributed by atoms with Gasteiger partial charge in [-0.25, -0.2) is 0 Å². The first-order chi connectivity index (χ1) is 9.16. The number of nitrogens with two attached hydrogens (primary N) is 1. The second-order valence-corrected chi connectivity index (χ2v) is 4.72. The lowest BCUT2D eigenvalue weighted by Gasteiger charge is -2.26. The number of rotatable bonds is 4. The summed E-state index contributed by atoms with van der Waals surface area (Å²) in [6, 6.07) is 9.09. The maximum absolute atomic E-state index is 11.9. The molecule has 1 aliphatic rings. The number of esters is 1. The Morgan fingerprint density at radius 1 is 1.32 bits per heavy atom. The van der Waals surface area contributed by atoms with Crippen molar-refractivity contribution in [3.05, 3.63) is 35.9 Å². The third-order valence-corrected chi connectivity index (χ3v) is 3.30. The quantitative estimate of drug-likeness (QED) is 0.778. The Morgan fingerprint density at radius 3 is 2.74 bits per heavy atom. The molecule has 19 heavy (non-hydrogen) atoms. The molecule has 1 saturated heterocycles. The molecule has 0 aliphatic carbocycles. The van der Waals surface area contributed by atoms with Crippen molar-refractivity contribution in [2.45, 2.75) is 25.5 Å². The van der Waals surface area contributed by atoms with E-state index in [1.807, 2.05) is 30.3 Å². The summed E-state index contributed by atoms with van der Waals surface area (Å²) < 4.78 is 5.28. The second kappa shape index (κ2) is 6.33. The molecule has 2 unspecified atom stereocenters.